The standard InChI is InChI=1S/C13H17N3O4S/c1-17-10-4-8(5-11(18-2)12(10)19-3)20-7-9-6-15-13(16-14)21-9/h4-6H,7,14H2,1-3H3,(H,15,16). The Morgan fingerprint density at radius 2 is 1.81 bits per heavy atom. The number of thiazole rings is 1. The zero-order chi connectivity index (χ0) is 15.2. The van der Waals surface area contributed by atoms with E-state index in [1.54, 1.807) is 39.7 Å². The number of methoxy groups -OCH3 is 3. The minimum absolute atomic E-state index is 0.373. The number of anilines is 1. The Balaban J connectivity index is 2.15. The Labute approximate surface area is 126 Å². The van der Waals surface area contributed by atoms with Crippen molar-refractivity contribution < 1.29 is 18.9 Å². The second kappa shape index (κ2) is 7.00. The van der Waals surface area contributed by atoms with Crippen molar-refractivity contribution in [3.05, 3.63) is 23.2 Å². The number of rotatable bonds is 7. The SMILES string of the molecule is COc1cc(OCc2cnc(NN)s2)cc(OC)c1OC. The molecule has 0 aliphatic rings. The lowest BCUT2D eigenvalue weighted by molar-refractivity contribution is 0.293. The molecule has 0 fully saturated rings. The fourth-order valence-corrected chi connectivity index (χ4v) is 2.37. The number of nitrogen functional groups attached to an aromatic ring is 1. The number of hydrogen-bond acceptors (Lipinski definition) is 8. The van der Waals surface area contributed by atoms with E-state index in [1.807, 2.05) is 0 Å². The average Bonchev–Trinajstić information content (AvgIpc) is 2.99. The number of nitrogens with two attached hydrogens (primary N) is 1. The van der Waals surface area contributed by atoms with Crippen LogP contribution in [-0.2, 0) is 6.61 Å². The summed E-state index contributed by atoms with van der Waals surface area (Å²) < 4.78 is 21.5. The van der Waals surface area contributed by atoms with Gasteiger partial charge in [0.15, 0.2) is 16.6 Å². The zero-order valence-electron chi connectivity index (χ0n) is 12.0. The van der Waals surface area contributed by atoms with Crippen LogP contribution >= 0.6 is 11.3 Å². The molecule has 3 N–H and O–H groups in total. The van der Waals surface area contributed by atoms with Gasteiger partial charge in [0.2, 0.25) is 5.75 Å². The third-order valence-electron chi connectivity index (χ3n) is 2.70. The maximum atomic E-state index is 5.72. The second-order valence-corrected chi connectivity index (χ2v) is 5.04. The Morgan fingerprint density at radius 3 is 2.29 bits per heavy atom. The number of hydrazine groups is 1. The van der Waals surface area contributed by atoms with Gasteiger partial charge in [0.05, 0.1) is 26.2 Å². The van der Waals surface area contributed by atoms with Crippen molar-refractivity contribution in [2.45, 2.75) is 6.61 Å². The highest BCUT2D eigenvalue weighted by atomic mass is 32.1. The predicted molar refractivity (Wildman–Crippen MR) is 80.4 cm³/mol. The third kappa shape index (κ3) is 3.47. The quantitative estimate of drug-likeness (QED) is 0.597. The molecule has 0 aliphatic carbocycles. The van der Waals surface area contributed by atoms with E-state index in [0.29, 0.717) is 34.7 Å². The molecule has 2 rings (SSSR count). The normalized spacial score (nSPS) is 10.1. The van der Waals surface area contributed by atoms with E-state index in [9.17, 15) is 0 Å². The molecule has 1 aromatic carbocycles. The van der Waals surface area contributed by atoms with Gasteiger partial charge in [-0.2, -0.15) is 0 Å². The molecular weight excluding hydrogens is 294 g/mol. The van der Waals surface area contributed by atoms with E-state index in [1.165, 1.54) is 11.3 Å². The van der Waals surface area contributed by atoms with Crippen LogP contribution in [0.3, 0.4) is 0 Å². The maximum Gasteiger partial charge on any atom is 0.203 e. The Hall–Kier alpha value is -2.19. The monoisotopic (exact) mass is 311 g/mol. The first-order chi connectivity index (χ1) is 10.2. The molecule has 1 heterocycles. The molecule has 0 radical (unpaired) electrons. The highest BCUT2D eigenvalue weighted by Gasteiger charge is 2.14. The second-order valence-electron chi connectivity index (χ2n) is 3.93. The molecular formula is C13H17N3O4S. The van der Waals surface area contributed by atoms with Crippen LogP contribution < -0.4 is 30.2 Å². The van der Waals surface area contributed by atoms with E-state index in [-0.39, 0.29) is 0 Å². The van der Waals surface area contributed by atoms with Gasteiger partial charge in [0, 0.05) is 18.3 Å². The Kier molecular flexibility index (Phi) is 5.07. The van der Waals surface area contributed by atoms with Crippen LogP contribution in [0.25, 0.3) is 0 Å². The van der Waals surface area contributed by atoms with Crippen LogP contribution in [-0.4, -0.2) is 26.3 Å². The van der Waals surface area contributed by atoms with Gasteiger partial charge in [-0.25, -0.2) is 10.8 Å². The van der Waals surface area contributed by atoms with Gasteiger partial charge < -0.3 is 18.9 Å². The number of hydrogen-bond donors (Lipinski definition) is 2. The summed E-state index contributed by atoms with van der Waals surface area (Å²) in [5, 5.41) is 0.637. The predicted octanol–water partition coefficient (Wildman–Crippen LogP) is 2.03. The zero-order valence-corrected chi connectivity index (χ0v) is 12.8. The largest absolute Gasteiger partial charge is 0.493 e. The summed E-state index contributed by atoms with van der Waals surface area (Å²) in [4.78, 5) is 5.02. The summed E-state index contributed by atoms with van der Waals surface area (Å²) >= 11 is 1.42. The number of nitrogens with one attached hydrogen (secondary N) is 1. The number of aromatic nitrogens is 1. The summed E-state index contributed by atoms with van der Waals surface area (Å²) in [7, 11) is 4.67. The first kappa shape index (κ1) is 15.2. The summed E-state index contributed by atoms with van der Waals surface area (Å²) in [6, 6.07) is 3.48. The molecule has 0 saturated heterocycles. The van der Waals surface area contributed by atoms with Crippen molar-refractivity contribution in [2.75, 3.05) is 26.8 Å². The first-order valence-corrected chi connectivity index (χ1v) is 6.87. The molecule has 8 heteroatoms. The molecule has 0 spiro atoms. The maximum absolute atomic E-state index is 5.72. The first-order valence-electron chi connectivity index (χ1n) is 6.06. The van der Waals surface area contributed by atoms with Crippen LogP contribution in [0.15, 0.2) is 18.3 Å². The molecule has 0 atom stereocenters. The molecule has 0 saturated carbocycles. The van der Waals surface area contributed by atoms with Crippen LogP contribution in [0.1, 0.15) is 4.88 Å². The third-order valence-corrected chi connectivity index (χ3v) is 3.60. The lowest BCUT2D eigenvalue weighted by Gasteiger charge is -2.14. The van der Waals surface area contributed by atoms with Crippen molar-refractivity contribution in [2.24, 2.45) is 5.84 Å². The fourth-order valence-electron chi connectivity index (χ4n) is 1.74. The molecule has 114 valence electrons. The van der Waals surface area contributed by atoms with E-state index in [4.69, 9.17) is 24.8 Å². The van der Waals surface area contributed by atoms with Crippen molar-refractivity contribution in [1.82, 2.24) is 4.98 Å². The smallest absolute Gasteiger partial charge is 0.203 e. The van der Waals surface area contributed by atoms with Gasteiger partial charge in [-0.1, -0.05) is 11.3 Å². The van der Waals surface area contributed by atoms with Crippen molar-refractivity contribution in [3.63, 3.8) is 0 Å². The number of ether oxygens (including phenoxy) is 4. The van der Waals surface area contributed by atoms with Crippen LogP contribution in [0, 0.1) is 0 Å². The van der Waals surface area contributed by atoms with Crippen LogP contribution in [0.5, 0.6) is 23.0 Å². The van der Waals surface area contributed by atoms with E-state index >= 15 is 0 Å². The molecule has 7 nitrogen and oxygen atoms in total. The minimum Gasteiger partial charge on any atom is -0.493 e. The average molecular weight is 311 g/mol. The minimum atomic E-state index is 0.373. The van der Waals surface area contributed by atoms with E-state index < -0.39 is 0 Å². The van der Waals surface area contributed by atoms with Crippen molar-refractivity contribution in [3.8, 4) is 23.0 Å². The van der Waals surface area contributed by atoms with Crippen LogP contribution in [0.2, 0.25) is 0 Å². The molecule has 2 aromatic rings. The van der Waals surface area contributed by atoms with Gasteiger partial charge in [0.25, 0.3) is 0 Å². The summed E-state index contributed by atoms with van der Waals surface area (Å²) in [6.45, 7) is 0.373. The topological polar surface area (TPSA) is 87.9 Å². The molecule has 0 unspecified atom stereocenters. The summed E-state index contributed by atoms with van der Waals surface area (Å²) in [5.74, 6) is 7.51. The lowest BCUT2D eigenvalue weighted by atomic mass is 10.2. The Bertz CT molecular complexity index is 578. The van der Waals surface area contributed by atoms with Gasteiger partial charge in [-0.05, 0) is 0 Å². The van der Waals surface area contributed by atoms with Crippen LogP contribution in [0.4, 0.5) is 5.13 Å². The van der Waals surface area contributed by atoms with Gasteiger partial charge in [-0.3, -0.25) is 5.43 Å². The highest BCUT2D eigenvalue weighted by molar-refractivity contribution is 7.15. The van der Waals surface area contributed by atoms with E-state index in [2.05, 4.69) is 10.4 Å². The molecule has 0 aliphatic heterocycles. The lowest BCUT2D eigenvalue weighted by Crippen LogP contribution is -2.05. The fraction of sp³-hybridized carbons (Fsp3) is 0.308. The molecule has 1 aromatic heterocycles. The van der Waals surface area contributed by atoms with Gasteiger partial charge in [-0.15, -0.1) is 0 Å². The van der Waals surface area contributed by atoms with Crippen molar-refractivity contribution in [1.29, 1.82) is 0 Å². The van der Waals surface area contributed by atoms with Gasteiger partial charge >= 0.3 is 0 Å². The molecule has 21 heavy (non-hydrogen) atoms. The molecule has 0 bridgehead atoms. The van der Waals surface area contributed by atoms with Crippen molar-refractivity contribution >= 4 is 16.5 Å². The molecule has 0 amide bonds. The summed E-state index contributed by atoms with van der Waals surface area (Å²) in [5.41, 5.74) is 2.49. The van der Waals surface area contributed by atoms with Gasteiger partial charge in [0.1, 0.15) is 12.4 Å². The Morgan fingerprint density at radius 1 is 1.14 bits per heavy atom. The van der Waals surface area contributed by atoms with E-state index in [0.717, 1.165) is 4.88 Å². The number of benzene rings is 1. The number of nitrogens with zero attached hydrogens (tertiary/aromatic N) is 1. The summed E-state index contributed by atoms with van der Waals surface area (Å²) in [6.07, 6.45) is 1.71. The highest BCUT2D eigenvalue weighted by Crippen LogP contribution is 2.41.